The van der Waals surface area contributed by atoms with Crippen molar-refractivity contribution in [3.05, 3.63) is 321 Å². The summed E-state index contributed by atoms with van der Waals surface area (Å²) in [4.78, 5) is 73.5. The number of Topliss-reactive ketones (excluding diaryl/α,β-unsaturated/α-hetero) is 4. The Hall–Kier alpha value is -11.6. The Balaban J connectivity index is 0.000000158. The molecule has 0 radical (unpaired) electrons. The molecule has 726 valence electrons. The van der Waals surface area contributed by atoms with E-state index >= 15 is 4.39 Å². The van der Waals surface area contributed by atoms with Gasteiger partial charge in [-0.2, -0.15) is 20.4 Å². The summed E-state index contributed by atoms with van der Waals surface area (Å²) in [5.74, 6) is 0.697. The summed E-state index contributed by atoms with van der Waals surface area (Å²) in [5.41, 5.74) is 24.9. The molecule has 139 heavy (non-hydrogen) atoms. The van der Waals surface area contributed by atoms with Gasteiger partial charge < -0.3 is 19.9 Å². The van der Waals surface area contributed by atoms with Crippen molar-refractivity contribution in [1.82, 2.24) is 68.9 Å². The first-order valence-corrected chi connectivity index (χ1v) is 52.8. The van der Waals surface area contributed by atoms with Crippen LogP contribution in [-0.2, 0) is 97.0 Å². The number of fused-ring (bicyclic) bond motifs is 3. The molecule has 0 aliphatic carbocycles. The normalized spacial score (nSPS) is 13.2. The van der Waals surface area contributed by atoms with Gasteiger partial charge in [-0.15, -0.1) is 17.9 Å². The molecule has 0 spiro atoms. The van der Waals surface area contributed by atoms with Crippen molar-refractivity contribution in [2.45, 2.75) is 196 Å². The van der Waals surface area contributed by atoms with Crippen LogP contribution < -0.4 is 10.5 Å². The minimum absolute atomic E-state index is 0.0752. The lowest BCUT2D eigenvalue weighted by Crippen LogP contribution is -2.36. The number of pyridine rings is 2. The number of halogens is 2. The summed E-state index contributed by atoms with van der Waals surface area (Å²) >= 11 is 5.95. The van der Waals surface area contributed by atoms with Crippen molar-refractivity contribution in [2.75, 3.05) is 71.4 Å². The van der Waals surface area contributed by atoms with Gasteiger partial charge >= 0.3 is 0 Å². The van der Waals surface area contributed by atoms with E-state index in [1.54, 1.807) is 36.0 Å². The first-order valence-electron chi connectivity index (χ1n) is 47.8. The van der Waals surface area contributed by atoms with Crippen molar-refractivity contribution in [3.8, 4) is 39.8 Å². The van der Waals surface area contributed by atoms with E-state index in [-0.39, 0.29) is 69.1 Å². The number of hydrogen-bond donors (Lipinski definition) is 1. The van der Waals surface area contributed by atoms with Crippen LogP contribution in [0.1, 0.15) is 193 Å². The van der Waals surface area contributed by atoms with Gasteiger partial charge in [-0.25, -0.2) is 33.1 Å². The van der Waals surface area contributed by atoms with Gasteiger partial charge in [-0.1, -0.05) is 209 Å². The smallest absolute Gasteiger partial charge is 0.181 e. The van der Waals surface area contributed by atoms with Crippen LogP contribution in [-0.4, -0.2) is 158 Å². The maximum atomic E-state index is 15.0. The van der Waals surface area contributed by atoms with E-state index < -0.39 is 5.82 Å². The molecule has 9 heterocycles. The fraction of sp³-hybridized carbons (Fsp3) is 0.357. The third kappa shape index (κ3) is 29.1. The SMILES string of the molecule is CC(C)(C)n1nc(-c2ccc(Cl)cc2)c2c(N)ncnc21.CCC(=O)c1cc(Oc2ccc(CC(=O)Cc3cc(C(C)(C)C)nn3-c3ccc4ncccc4c3)c(F)c2)ccn1.Cc1ccc(-n2nc(C(C)(C)C)cc2CC(=O)Cc2ccc(CCCN3CCOCC3)c3ccccc23)cc1.Cc1ccc(-n2nc(C(C)(C)C)cc2CC(=O)Cc2ccc(CCCN3CCOCC3)cc2)cc1.PPP. The molecule has 22 nitrogen and oxygen atoms in total. The van der Waals surface area contributed by atoms with E-state index in [2.05, 4.69) is 266 Å². The second kappa shape index (κ2) is 48.0. The summed E-state index contributed by atoms with van der Waals surface area (Å²) in [5, 5.41) is 24.2. The molecular weight excluding hydrogens is 1810 g/mol. The van der Waals surface area contributed by atoms with Crippen LogP contribution in [0.15, 0.2) is 231 Å². The Morgan fingerprint density at radius 1 is 0.482 bits per heavy atom. The van der Waals surface area contributed by atoms with Gasteiger partial charge in [0, 0.05) is 128 Å². The largest absolute Gasteiger partial charge is 0.457 e. The molecule has 0 bridgehead atoms. The standard InChI is InChI=1S/C34H41N3O2.C33H31FN4O3.C30H39N3O2.C15H16ClN5.H5P3/c1-25-11-15-28(16-12-25)37-29(24-33(35-37)34(2,3)4)23-30(38)22-27-14-13-26(31-9-5-6-10-32(27)31)8-7-17-36-18-20-39-21-19-36;1-5-31(40)30-20-27(12-14-36-30)41-26-10-8-21(28(34)19-26)16-25(39)17-24-18-32(33(2,3)4)37-38(24)23-9-11-29-22(15-23)7-6-13-35-29;1-23-7-13-26(14-8-23)33-27(22-29(31-33)30(2,3)4)21-28(34)20-25-11-9-24(10-12-25)6-5-15-32-16-18-35-19-17-32;1-15(2,3)21-14-11(13(17)18-8-19-14)12(20-21)9-4-6-10(16)7-5-9;1-3-2/h5-6,9-16,24H,7-8,17-23H2,1-4H3;6-15,18-20H,5,16-17H2,1-4H3;7-14,22H,5-6,15-21H2,1-4H3;4-8H,1-3H3,(H2,17,18,19);3H,1-2H2. The molecular formula is C112H132ClFN15O7P3. The fourth-order valence-corrected chi connectivity index (χ4v) is 16.7. The lowest BCUT2D eigenvalue weighted by molar-refractivity contribution is -0.118. The van der Waals surface area contributed by atoms with E-state index in [0.717, 1.165) is 195 Å². The summed E-state index contributed by atoms with van der Waals surface area (Å²) < 4.78 is 39.3. The average Bonchev–Trinajstić information content (AvgIpc) is 1.60. The molecule has 27 heteroatoms. The molecule has 2 N–H and O–H groups in total. The zero-order valence-electron chi connectivity index (χ0n) is 82.9. The van der Waals surface area contributed by atoms with E-state index in [0.29, 0.717) is 54.4 Å². The second-order valence-electron chi connectivity index (χ2n) is 39.7. The van der Waals surface area contributed by atoms with Gasteiger partial charge in [0.25, 0.3) is 0 Å². The van der Waals surface area contributed by atoms with Crippen LogP contribution in [0.5, 0.6) is 11.5 Å². The van der Waals surface area contributed by atoms with Crippen molar-refractivity contribution < 1.29 is 37.8 Å². The highest BCUT2D eigenvalue weighted by Gasteiger charge is 2.29. The Kier molecular flexibility index (Phi) is 36.2. The van der Waals surface area contributed by atoms with Crippen LogP contribution in [0.25, 0.3) is 61.0 Å². The molecule has 2 fully saturated rings. The molecule has 2 atom stereocenters. The number of benzene rings is 8. The molecule has 0 amide bonds. The lowest BCUT2D eigenvalue weighted by atomic mass is 9.91. The molecule has 2 aliphatic rings. The van der Waals surface area contributed by atoms with Crippen molar-refractivity contribution in [1.29, 1.82) is 0 Å². The van der Waals surface area contributed by atoms with Gasteiger partial charge in [0.15, 0.2) is 11.4 Å². The van der Waals surface area contributed by atoms with Crippen LogP contribution >= 0.6 is 37.4 Å². The number of carbonyl (C=O) groups is 4. The van der Waals surface area contributed by atoms with Gasteiger partial charge in [0.05, 0.1) is 94.1 Å². The van der Waals surface area contributed by atoms with Crippen LogP contribution in [0.4, 0.5) is 10.2 Å². The molecule has 8 aromatic carbocycles. The highest BCUT2D eigenvalue weighted by atomic mass is 35.5. The van der Waals surface area contributed by atoms with Crippen molar-refractivity contribution in [2.24, 2.45) is 0 Å². The highest BCUT2D eigenvalue weighted by molar-refractivity contribution is 8.33. The summed E-state index contributed by atoms with van der Waals surface area (Å²) in [6.45, 7) is 41.1. The number of ketones is 4. The minimum atomic E-state index is -0.541. The Bertz CT molecular complexity index is 6700. The van der Waals surface area contributed by atoms with Crippen LogP contribution in [0, 0.1) is 19.7 Å². The van der Waals surface area contributed by atoms with Gasteiger partial charge in [-0.05, 0) is 203 Å². The number of ether oxygens (including phenoxy) is 3. The predicted molar refractivity (Wildman–Crippen MR) is 569 cm³/mol. The van der Waals surface area contributed by atoms with Crippen molar-refractivity contribution in [3.63, 3.8) is 0 Å². The molecule has 7 aromatic heterocycles. The number of rotatable bonds is 28. The van der Waals surface area contributed by atoms with Gasteiger partial charge in [0.2, 0.25) is 0 Å². The van der Waals surface area contributed by atoms with Crippen LogP contribution in [0.2, 0.25) is 5.02 Å². The first kappa shape index (κ1) is 105. The topological polar surface area (TPSA) is 251 Å². The van der Waals surface area contributed by atoms with Crippen molar-refractivity contribution >= 4 is 99.1 Å². The van der Waals surface area contributed by atoms with Crippen LogP contribution in [0.3, 0.4) is 0 Å². The molecule has 2 aliphatic heterocycles. The fourth-order valence-electron chi connectivity index (χ4n) is 16.6. The first-order chi connectivity index (χ1) is 66.4. The number of hydrogen-bond acceptors (Lipinski definition) is 18. The zero-order valence-corrected chi connectivity index (χ0v) is 87.0. The number of carbonyl (C=O) groups excluding carboxylic acids is 4. The van der Waals surface area contributed by atoms with Gasteiger partial charge in [-0.3, -0.25) is 38.9 Å². The molecule has 2 unspecified atom stereocenters. The van der Waals surface area contributed by atoms with E-state index in [1.165, 1.54) is 57.7 Å². The Morgan fingerprint density at radius 2 is 0.964 bits per heavy atom. The zero-order chi connectivity index (χ0) is 99.3. The number of aromatic nitrogens is 12. The summed E-state index contributed by atoms with van der Waals surface area (Å²) in [7, 11) is 6.06. The van der Waals surface area contributed by atoms with Gasteiger partial charge in [0.1, 0.15) is 58.2 Å². The molecule has 0 saturated carbocycles. The van der Waals surface area contributed by atoms with E-state index in [9.17, 15) is 19.2 Å². The number of morpholine rings is 2. The third-order valence-corrected chi connectivity index (χ3v) is 24.6. The summed E-state index contributed by atoms with van der Waals surface area (Å²) in [6.07, 6.45) is 11.0. The number of anilines is 1. The Morgan fingerprint density at radius 3 is 1.49 bits per heavy atom. The predicted octanol–water partition coefficient (Wildman–Crippen LogP) is 23.1. The summed E-state index contributed by atoms with van der Waals surface area (Å²) in [6, 6.07) is 69.1. The monoisotopic (exact) mass is 1950 g/mol. The number of nitrogens with two attached hydrogens (primary N) is 1. The number of nitrogens with zero attached hydrogens (tertiary/aromatic N) is 14. The maximum absolute atomic E-state index is 15.0. The lowest BCUT2D eigenvalue weighted by Gasteiger charge is -2.26. The Labute approximate surface area is 828 Å². The quantitative estimate of drug-likeness (QED) is 0.0353. The maximum Gasteiger partial charge on any atom is 0.181 e. The minimum Gasteiger partial charge on any atom is -0.457 e. The third-order valence-electron chi connectivity index (χ3n) is 24.4. The number of nitrogen functional groups attached to an aromatic ring is 1. The average molecular weight is 1950 g/mol. The number of aryl methyl sites for hydroxylation is 4. The van der Waals surface area contributed by atoms with E-state index in [1.807, 2.05) is 74.7 Å². The molecule has 15 aromatic rings. The molecule has 17 rings (SSSR count). The highest BCUT2D eigenvalue weighted by Crippen LogP contribution is 2.37. The molecule has 2 saturated heterocycles. The second-order valence-corrected chi connectivity index (χ2v) is 44.5. The van der Waals surface area contributed by atoms with E-state index in [4.69, 9.17) is 51.9 Å².